The van der Waals surface area contributed by atoms with Gasteiger partial charge in [-0.1, -0.05) is 19.8 Å². The van der Waals surface area contributed by atoms with Gasteiger partial charge in [0.05, 0.1) is 24.1 Å². The summed E-state index contributed by atoms with van der Waals surface area (Å²) < 4.78 is 43.0. The third-order valence-electron chi connectivity index (χ3n) is 3.29. The first-order valence-electron chi connectivity index (χ1n) is 7.38. The number of unbranched alkanes of at least 4 members (excludes halogenated alkanes) is 1. The van der Waals surface area contributed by atoms with Gasteiger partial charge < -0.3 is 20.2 Å². The Morgan fingerprint density at radius 3 is 3.00 bits per heavy atom. The topological polar surface area (TPSA) is 77.0 Å². The number of rotatable bonds is 10. The van der Waals surface area contributed by atoms with Gasteiger partial charge in [0.15, 0.2) is 17.6 Å². The maximum absolute atomic E-state index is 10.6. The molecule has 1 aromatic rings. The molecule has 0 bridgehead atoms. The Balaban J connectivity index is 0.00000264. The van der Waals surface area contributed by atoms with Crippen molar-refractivity contribution in [3.63, 3.8) is 0 Å². The van der Waals surface area contributed by atoms with E-state index in [-0.39, 0.29) is 43.2 Å². The Morgan fingerprint density at radius 1 is 1.48 bits per heavy atom. The molecule has 3 atom stereocenters. The largest absolute Gasteiger partial charge is 1.00 e. The molecule has 1 aliphatic heterocycles. The van der Waals surface area contributed by atoms with Gasteiger partial charge in [0.25, 0.3) is 0 Å². The van der Waals surface area contributed by atoms with Crippen LogP contribution in [0, 0.1) is 0 Å². The summed E-state index contributed by atoms with van der Waals surface area (Å²) in [5, 5.41) is 3.81. The number of hydrogen-bond donors (Lipinski definition) is 0. The molecular weight excluding hydrogens is 351 g/mol. The third-order valence-corrected chi connectivity index (χ3v) is 4.42. The molecule has 0 spiro atoms. The molecule has 0 N–H and O–H groups in total. The van der Waals surface area contributed by atoms with Crippen molar-refractivity contribution in [2.45, 2.75) is 44.8 Å². The van der Waals surface area contributed by atoms with E-state index in [1.54, 1.807) is 0 Å². The van der Waals surface area contributed by atoms with Crippen molar-refractivity contribution >= 4 is 22.7 Å². The van der Waals surface area contributed by atoms with Gasteiger partial charge in [-0.2, -0.15) is 0 Å². The summed E-state index contributed by atoms with van der Waals surface area (Å²) in [7, 11) is 0. The molecule has 128 valence electrons. The van der Waals surface area contributed by atoms with E-state index in [1.165, 1.54) is 11.3 Å². The minimum atomic E-state index is -2.48. The van der Waals surface area contributed by atoms with Gasteiger partial charge in [0.1, 0.15) is 6.61 Å². The van der Waals surface area contributed by atoms with E-state index in [1.807, 2.05) is 10.8 Å². The number of ether oxygens (including phenoxy) is 3. The van der Waals surface area contributed by atoms with Crippen LogP contribution in [0.1, 0.15) is 34.0 Å². The summed E-state index contributed by atoms with van der Waals surface area (Å²) in [6.07, 6.45) is 2.75. The number of hydrogen-bond acceptors (Lipinski definition) is 7. The molecular formula is C14H22NaO6S2-. The molecule has 0 saturated carbocycles. The molecule has 6 nitrogen and oxygen atoms in total. The molecule has 0 amide bonds. The second kappa shape index (κ2) is 11.8. The van der Waals surface area contributed by atoms with Gasteiger partial charge in [0.2, 0.25) is 0 Å². The quantitative estimate of drug-likeness (QED) is 0.321. The first-order chi connectivity index (χ1) is 10.7. The van der Waals surface area contributed by atoms with Crippen LogP contribution in [0.4, 0.5) is 0 Å². The Bertz CT molecular complexity index is 476. The predicted molar refractivity (Wildman–Crippen MR) is 84.1 cm³/mol. The van der Waals surface area contributed by atoms with Gasteiger partial charge >= 0.3 is 29.6 Å². The van der Waals surface area contributed by atoms with Crippen molar-refractivity contribution in [3.05, 3.63) is 10.8 Å². The zero-order valence-electron chi connectivity index (χ0n) is 14.5. The van der Waals surface area contributed by atoms with E-state index < -0.39 is 11.4 Å². The van der Waals surface area contributed by atoms with E-state index in [9.17, 15) is 8.76 Å². The van der Waals surface area contributed by atoms with Crippen LogP contribution in [0.3, 0.4) is 0 Å². The van der Waals surface area contributed by atoms with Crippen LogP contribution in [-0.2, 0) is 20.3 Å². The van der Waals surface area contributed by atoms with E-state index in [0.717, 1.165) is 30.8 Å². The van der Waals surface area contributed by atoms with E-state index in [2.05, 4.69) is 6.92 Å². The van der Waals surface area contributed by atoms with Gasteiger partial charge in [0, 0.05) is 17.4 Å². The normalized spacial score (nSPS) is 19.0. The second-order valence-corrected chi connectivity index (χ2v) is 6.42. The molecule has 1 aliphatic rings. The van der Waals surface area contributed by atoms with Crippen LogP contribution in [0.15, 0.2) is 10.8 Å². The molecule has 23 heavy (non-hydrogen) atoms. The molecule has 9 heteroatoms. The standard InChI is InChI=1S/C14H22O6S2.Na.H/c1-2-3-4-11(20-22(15)16)5-6-17-7-12-8-18-13-9-21-10-14(13)19-12;;/h9-12H,2-8H2,1H3,(H,15,16);;/q;+1;-1/p-1. The molecule has 0 aromatic carbocycles. The van der Waals surface area contributed by atoms with Gasteiger partial charge in [-0.05, 0) is 12.8 Å². The summed E-state index contributed by atoms with van der Waals surface area (Å²) in [5.74, 6) is 1.54. The second-order valence-electron chi connectivity index (χ2n) is 5.08. The van der Waals surface area contributed by atoms with Crippen LogP contribution in [0.2, 0.25) is 0 Å². The Kier molecular flexibility index (Phi) is 11.0. The fraction of sp³-hybridized carbons (Fsp3) is 0.714. The maximum atomic E-state index is 10.6. The Morgan fingerprint density at radius 2 is 2.26 bits per heavy atom. The molecule has 2 heterocycles. The summed E-state index contributed by atoms with van der Waals surface area (Å²) >= 11 is -0.941. The smallest absolute Gasteiger partial charge is 1.00 e. The Labute approximate surface area is 167 Å². The van der Waals surface area contributed by atoms with Crippen LogP contribution >= 0.6 is 11.3 Å². The third kappa shape index (κ3) is 7.83. The fourth-order valence-electron chi connectivity index (χ4n) is 2.16. The molecule has 0 aliphatic carbocycles. The van der Waals surface area contributed by atoms with E-state index in [0.29, 0.717) is 26.2 Å². The monoisotopic (exact) mass is 373 g/mol. The molecule has 1 aromatic heterocycles. The van der Waals surface area contributed by atoms with Crippen molar-refractivity contribution in [2.24, 2.45) is 0 Å². The summed E-state index contributed by atoms with van der Waals surface area (Å²) in [6, 6.07) is 0. The molecule has 0 radical (unpaired) electrons. The summed E-state index contributed by atoms with van der Waals surface area (Å²) in [5.41, 5.74) is 0. The summed E-state index contributed by atoms with van der Waals surface area (Å²) in [4.78, 5) is 0. The van der Waals surface area contributed by atoms with Crippen molar-refractivity contribution in [3.8, 4) is 11.5 Å². The average molecular weight is 373 g/mol. The molecule has 2 rings (SSSR count). The van der Waals surface area contributed by atoms with Crippen LogP contribution in [0.25, 0.3) is 0 Å². The fourth-order valence-corrected chi connectivity index (χ4v) is 3.24. The van der Waals surface area contributed by atoms with Gasteiger partial charge in [-0.15, -0.1) is 11.3 Å². The molecule has 0 fully saturated rings. The zero-order valence-corrected chi connectivity index (χ0v) is 17.2. The Hall–Kier alpha value is 0.330. The van der Waals surface area contributed by atoms with Crippen LogP contribution in [-0.4, -0.2) is 40.8 Å². The molecule has 3 unspecified atom stereocenters. The van der Waals surface area contributed by atoms with Crippen molar-refractivity contribution in [2.75, 3.05) is 19.8 Å². The number of thiophene rings is 1. The maximum Gasteiger partial charge on any atom is 1.00 e. The van der Waals surface area contributed by atoms with Crippen molar-refractivity contribution in [1.82, 2.24) is 0 Å². The van der Waals surface area contributed by atoms with Crippen LogP contribution < -0.4 is 39.0 Å². The first-order valence-corrected chi connectivity index (χ1v) is 9.33. The van der Waals surface area contributed by atoms with Gasteiger partial charge in [-0.25, -0.2) is 4.21 Å². The van der Waals surface area contributed by atoms with Crippen molar-refractivity contribution < 1.29 is 58.1 Å². The SMILES string of the molecule is CCCCC(CCOCC1COc2cscc2O1)OS(=O)[O-].[H-].[Na+]. The van der Waals surface area contributed by atoms with Crippen molar-refractivity contribution in [1.29, 1.82) is 0 Å². The van der Waals surface area contributed by atoms with E-state index in [4.69, 9.17) is 18.4 Å². The zero-order chi connectivity index (χ0) is 15.8. The van der Waals surface area contributed by atoms with Gasteiger partial charge in [-0.3, -0.25) is 4.18 Å². The number of fused-ring (bicyclic) bond motifs is 1. The minimum Gasteiger partial charge on any atom is -1.00 e. The molecule has 0 saturated heterocycles. The minimum absolute atomic E-state index is 0. The van der Waals surface area contributed by atoms with E-state index >= 15 is 0 Å². The van der Waals surface area contributed by atoms with Crippen LogP contribution in [0.5, 0.6) is 11.5 Å². The first kappa shape index (κ1) is 21.4. The average Bonchev–Trinajstić information content (AvgIpc) is 2.96. The predicted octanol–water partition coefficient (Wildman–Crippen LogP) is -0.219. The summed E-state index contributed by atoms with van der Waals surface area (Å²) in [6.45, 7) is 3.36.